The number of hydrogen-bond donors (Lipinski definition) is 0. The Morgan fingerprint density at radius 3 is 2.82 bits per heavy atom. The van der Waals surface area contributed by atoms with E-state index in [-0.39, 0.29) is 23.4 Å². The number of rotatable bonds is 6. The molecule has 1 amide bonds. The van der Waals surface area contributed by atoms with Gasteiger partial charge in [0.25, 0.3) is 11.6 Å². The molecule has 0 saturated carbocycles. The lowest BCUT2D eigenvalue weighted by Gasteiger charge is -2.19. The van der Waals surface area contributed by atoms with Crippen molar-refractivity contribution < 1.29 is 14.1 Å². The molecule has 0 spiro atoms. The first kappa shape index (κ1) is 21.4. The number of hydrogen-bond acceptors (Lipinski definition) is 8. The number of aromatic nitrogens is 1. The van der Waals surface area contributed by atoms with Crippen LogP contribution in [0.25, 0.3) is 10.2 Å². The molecule has 166 valence electrons. The highest BCUT2D eigenvalue weighted by Crippen LogP contribution is 2.35. The number of furan rings is 1. The Bertz CT molecular complexity index is 1360. The van der Waals surface area contributed by atoms with Gasteiger partial charge in [-0.3, -0.25) is 14.9 Å². The molecular weight excluding hydrogens is 460 g/mol. The second-order valence-corrected chi connectivity index (χ2v) is 9.82. The molecule has 4 aromatic rings. The number of carbonyl (C=O) groups excluding carboxylic acids is 1. The smallest absolute Gasteiger partial charge is 0.270 e. The van der Waals surface area contributed by atoms with Crippen molar-refractivity contribution in [1.82, 2.24) is 9.99 Å². The highest BCUT2D eigenvalue weighted by Gasteiger charge is 2.34. The van der Waals surface area contributed by atoms with E-state index in [4.69, 9.17) is 4.42 Å². The lowest BCUT2D eigenvalue weighted by molar-refractivity contribution is -0.384. The van der Waals surface area contributed by atoms with Crippen LogP contribution < -0.4 is 0 Å². The van der Waals surface area contributed by atoms with E-state index in [0.717, 1.165) is 16.8 Å². The van der Waals surface area contributed by atoms with Gasteiger partial charge in [0, 0.05) is 18.6 Å². The van der Waals surface area contributed by atoms with E-state index in [1.165, 1.54) is 40.2 Å². The van der Waals surface area contributed by atoms with E-state index >= 15 is 0 Å². The van der Waals surface area contributed by atoms with Gasteiger partial charge in [-0.15, -0.1) is 11.3 Å². The molecule has 33 heavy (non-hydrogen) atoms. The SMILES string of the molecule is Cc1ccc(C2=NN(C(=O)CSc3nc4ccc([N+](=O)[O-])cc4s3)C(c3ccco3)C2)cc1. The Kier molecular flexibility index (Phi) is 5.69. The summed E-state index contributed by atoms with van der Waals surface area (Å²) in [5.74, 6) is 0.671. The van der Waals surface area contributed by atoms with Crippen LogP contribution >= 0.6 is 23.1 Å². The van der Waals surface area contributed by atoms with Gasteiger partial charge in [0.05, 0.1) is 32.9 Å². The fourth-order valence-electron chi connectivity index (χ4n) is 3.62. The Morgan fingerprint density at radius 1 is 1.27 bits per heavy atom. The second-order valence-electron chi connectivity index (χ2n) is 7.56. The maximum absolute atomic E-state index is 13.2. The van der Waals surface area contributed by atoms with Gasteiger partial charge < -0.3 is 4.42 Å². The van der Waals surface area contributed by atoms with Crippen molar-refractivity contribution in [2.45, 2.75) is 23.7 Å². The van der Waals surface area contributed by atoms with Gasteiger partial charge in [0.2, 0.25) is 0 Å². The minimum absolute atomic E-state index is 0.0232. The summed E-state index contributed by atoms with van der Waals surface area (Å²) in [4.78, 5) is 28.2. The third-order valence-electron chi connectivity index (χ3n) is 5.30. The summed E-state index contributed by atoms with van der Waals surface area (Å²) in [6.45, 7) is 2.03. The monoisotopic (exact) mass is 478 g/mol. The Labute approximate surface area is 197 Å². The van der Waals surface area contributed by atoms with Crippen molar-refractivity contribution in [2.75, 3.05) is 5.75 Å². The fourth-order valence-corrected chi connectivity index (χ4v) is 5.57. The molecule has 0 fully saturated rings. The fraction of sp³-hybridized carbons (Fsp3) is 0.174. The van der Waals surface area contributed by atoms with Gasteiger partial charge in [-0.1, -0.05) is 41.6 Å². The van der Waals surface area contributed by atoms with Gasteiger partial charge in [0.15, 0.2) is 4.34 Å². The maximum atomic E-state index is 13.2. The predicted molar refractivity (Wildman–Crippen MR) is 128 cm³/mol. The van der Waals surface area contributed by atoms with Crippen molar-refractivity contribution in [1.29, 1.82) is 0 Å². The molecule has 0 saturated heterocycles. The lowest BCUT2D eigenvalue weighted by atomic mass is 10.0. The quantitative estimate of drug-likeness (QED) is 0.204. The second kappa shape index (κ2) is 8.80. The highest BCUT2D eigenvalue weighted by molar-refractivity contribution is 8.01. The Hall–Kier alpha value is -3.50. The van der Waals surface area contributed by atoms with Gasteiger partial charge in [-0.25, -0.2) is 9.99 Å². The lowest BCUT2D eigenvalue weighted by Crippen LogP contribution is -2.28. The summed E-state index contributed by atoms with van der Waals surface area (Å²) in [6, 6.07) is 16.0. The molecular formula is C23H18N4O4S2. The number of hydrazone groups is 1. The zero-order chi connectivity index (χ0) is 22.9. The number of nitrogens with zero attached hydrogens (tertiary/aromatic N) is 4. The summed E-state index contributed by atoms with van der Waals surface area (Å²) in [7, 11) is 0. The Morgan fingerprint density at radius 2 is 2.09 bits per heavy atom. The van der Waals surface area contributed by atoms with Crippen LogP contribution in [-0.2, 0) is 4.79 Å². The first-order valence-electron chi connectivity index (χ1n) is 10.2. The normalized spacial score (nSPS) is 15.7. The van der Waals surface area contributed by atoms with Crippen LogP contribution in [0.1, 0.15) is 29.3 Å². The molecule has 3 heterocycles. The third kappa shape index (κ3) is 4.39. The number of benzene rings is 2. The summed E-state index contributed by atoms with van der Waals surface area (Å²) in [6.07, 6.45) is 2.16. The number of nitro benzene ring substituents is 1. The summed E-state index contributed by atoms with van der Waals surface area (Å²) >= 11 is 2.63. The number of carbonyl (C=O) groups is 1. The van der Waals surface area contributed by atoms with Gasteiger partial charge in [0.1, 0.15) is 11.8 Å². The van der Waals surface area contributed by atoms with Crippen molar-refractivity contribution in [3.05, 3.63) is 87.9 Å². The molecule has 0 radical (unpaired) electrons. The summed E-state index contributed by atoms with van der Waals surface area (Å²) in [5.41, 5.74) is 3.67. The van der Waals surface area contributed by atoms with E-state index in [9.17, 15) is 14.9 Å². The van der Waals surface area contributed by atoms with E-state index in [0.29, 0.717) is 26.7 Å². The number of nitro groups is 1. The molecule has 0 aliphatic carbocycles. The number of aryl methyl sites for hydroxylation is 1. The standard InChI is InChI=1S/C23H18N4O4S2/c1-14-4-6-15(7-5-14)18-12-19(20-3-2-10-31-20)26(25-18)22(28)13-32-23-24-17-9-8-16(27(29)30)11-21(17)33-23/h2-11,19H,12-13H2,1H3. The summed E-state index contributed by atoms with van der Waals surface area (Å²) < 4.78 is 6.99. The molecule has 2 aromatic carbocycles. The van der Waals surface area contributed by atoms with Crippen LogP contribution in [-0.4, -0.2) is 32.3 Å². The Balaban J connectivity index is 1.35. The number of amides is 1. The highest BCUT2D eigenvalue weighted by atomic mass is 32.2. The van der Waals surface area contributed by atoms with Crippen molar-refractivity contribution >= 4 is 50.6 Å². The van der Waals surface area contributed by atoms with Gasteiger partial charge >= 0.3 is 0 Å². The van der Waals surface area contributed by atoms with E-state index < -0.39 is 4.92 Å². The molecule has 1 aliphatic rings. The van der Waals surface area contributed by atoms with Crippen molar-refractivity contribution in [3.8, 4) is 0 Å². The van der Waals surface area contributed by atoms with Gasteiger partial charge in [-0.2, -0.15) is 5.10 Å². The largest absolute Gasteiger partial charge is 0.467 e. The number of thioether (sulfide) groups is 1. The topological polar surface area (TPSA) is 102 Å². The van der Waals surface area contributed by atoms with E-state index in [1.54, 1.807) is 18.4 Å². The zero-order valence-corrected chi connectivity index (χ0v) is 19.1. The number of non-ortho nitro benzene ring substituents is 1. The maximum Gasteiger partial charge on any atom is 0.270 e. The zero-order valence-electron chi connectivity index (χ0n) is 17.5. The van der Waals surface area contributed by atoms with Crippen LogP contribution in [0.3, 0.4) is 0 Å². The molecule has 1 unspecified atom stereocenters. The molecule has 0 N–H and O–H groups in total. The molecule has 1 atom stereocenters. The average Bonchev–Trinajstić information content (AvgIpc) is 3.56. The van der Waals surface area contributed by atoms with Crippen LogP contribution in [0.15, 0.2) is 74.7 Å². The minimum atomic E-state index is -0.429. The van der Waals surface area contributed by atoms with E-state index in [1.807, 2.05) is 37.3 Å². The molecule has 2 aromatic heterocycles. The van der Waals surface area contributed by atoms with E-state index in [2.05, 4.69) is 10.1 Å². The van der Waals surface area contributed by atoms with Crippen molar-refractivity contribution in [2.24, 2.45) is 5.10 Å². The minimum Gasteiger partial charge on any atom is -0.467 e. The third-order valence-corrected chi connectivity index (χ3v) is 7.45. The molecule has 5 rings (SSSR count). The number of thiazole rings is 1. The van der Waals surface area contributed by atoms with Crippen LogP contribution in [0.4, 0.5) is 5.69 Å². The molecule has 10 heteroatoms. The van der Waals surface area contributed by atoms with Crippen LogP contribution in [0, 0.1) is 17.0 Å². The molecule has 1 aliphatic heterocycles. The predicted octanol–water partition coefficient (Wildman–Crippen LogP) is 5.58. The molecule has 8 nitrogen and oxygen atoms in total. The summed E-state index contributed by atoms with van der Waals surface area (Å²) in [5, 5.41) is 17.1. The first-order valence-corrected chi connectivity index (χ1v) is 12.0. The van der Waals surface area contributed by atoms with Gasteiger partial charge in [-0.05, 0) is 30.7 Å². The first-order chi connectivity index (χ1) is 16.0. The van der Waals surface area contributed by atoms with Crippen LogP contribution in [0.2, 0.25) is 0 Å². The average molecular weight is 479 g/mol. The molecule has 0 bridgehead atoms. The van der Waals surface area contributed by atoms with Crippen molar-refractivity contribution in [3.63, 3.8) is 0 Å². The number of fused-ring (bicyclic) bond motifs is 1. The van der Waals surface area contributed by atoms with Crippen LogP contribution in [0.5, 0.6) is 0 Å².